The molecule has 94 valence electrons. The highest BCUT2D eigenvalue weighted by molar-refractivity contribution is 9.10. The Morgan fingerprint density at radius 1 is 1.44 bits per heavy atom. The van der Waals surface area contributed by atoms with Crippen LogP contribution in [0.3, 0.4) is 0 Å². The zero-order valence-corrected chi connectivity index (χ0v) is 11.0. The van der Waals surface area contributed by atoms with Crippen molar-refractivity contribution in [2.45, 2.75) is 24.9 Å². The quantitative estimate of drug-likeness (QED) is 0.919. The highest BCUT2D eigenvalue weighted by Crippen LogP contribution is 2.31. The van der Waals surface area contributed by atoms with Crippen LogP contribution in [0.2, 0.25) is 0 Å². The lowest BCUT2D eigenvalue weighted by atomic mass is 9.88. The van der Waals surface area contributed by atoms with Gasteiger partial charge < -0.3 is 5.73 Å². The molecule has 2 N–H and O–H groups in total. The van der Waals surface area contributed by atoms with E-state index in [1.54, 1.807) is 10.9 Å². The molecule has 0 aliphatic heterocycles. The van der Waals surface area contributed by atoms with Crippen molar-refractivity contribution in [3.63, 3.8) is 0 Å². The largest absolute Gasteiger partial charge is 0.328 e. The first-order valence-corrected chi connectivity index (χ1v) is 6.41. The van der Waals surface area contributed by atoms with Gasteiger partial charge in [-0.2, -0.15) is 0 Å². The molecule has 2 aromatic rings. The smallest absolute Gasteiger partial charge is 0.152 e. The molecule has 0 saturated heterocycles. The Morgan fingerprint density at radius 3 is 2.89 bits per heavy atom. The second-order valence-corrected chi connectivity index (χ2v) is 5.37. The molecule has 18 heavy (non-hydrogen) atoms. The molecule has 1 aliphatic rings. The summed E-state index contributed by atoms with van der Waals surface area (Å²) in [7, 11) is 0. The van der Waals surface area contributed by atoms with Crippen molar-refractivity contribution < 1.29 is 4.39 Å². The molecule has 0 unspecified atom stereocenters. The zero-order chi connectivity index (χ0) is 12.7. The average molecular weight is 312 g/mol. The summed E-state index contributed by atoms with van der Waals surface area (Å²) in [4.78, 5) is 4.02. The van der Waals surface area contributed by atoms with Gasteiger partial charge in [0, 0.05) is 16.7 Å². The minimum atomic E-state index is -0.415. The summed E-state index contributed by atoms with van der Waals surface area (Å²) in [5.74, 6) is -0.415. The summed E-state index contributed by atoms with van der Waals surface area (Å²) < 4.78 is 16.1. The fourth-order valence-electron chi connectivity index (χ4n) is 2.01. The Balaban J connectivity index is 1.88. The van der Waals surface area contributed by atoms with Gasteiger partial charge >= 0.3 is 0 Å². The number of hydrogen-bond acceptors (Lipinski definition) is 4. The standard InChI is InChI=1S/C11H11BrFN5/c12-6-1-9(13)11(15-4-6)10-5-18(17-16-10)8-2-7(14)3-8/h1,4-5,7-8H,2-3,14H2. The lowest BCUT2D eigenvalue weighted by Crippen LogP contribution is -2.37. The molecule has 1 aliphatic carbocycles. The van der Waals surface area contributed by atoms with Crippen LogP contribution in [0.25, 0.3) is 11.4 Å². The Bertz CT molecular complexity index is 579. The highest BCUT2D eigenvalue weighted by atomic mass is 79.9. The van der Waals surface area contributed by atoms with E-state index in [1.165, 1.54) is 12.3 Å². The fraction of sp³-hybridized carbons (Fsp3) is 0.364. The lowest BCUT2D eigenvalue weighted by Gasteiger charge is -2.31. The van der Waals surface area contributed by atoms with Gasteiger partial charge in [0.05, 0.1) is 12.2 Å². The van der Waals surface area contributed by atoms with Crippen molar-refractivity contribution in [1.82, 2.24) is 20.0 Å². The molecule has 2 heterocycles. The van der Waals surface area contributed by atoms with Gasteiger partial charge in [-0.15, -0.1) is 5.10 Å². The molecule has 0 spiro atoms. The van der Waals surface area contributed by atoms with Gasteiger partial charge in [0.2, 0.25) is 0 Å². The van der Waals surface area contributed by atoms with Crippen LogP contribution in [0.4, 0.5) is 4.39 Å². The van der Waals surface area contributed by atoms with E-state index < -0.39 is 5.82 Å². The van der Waals surface area contributed by atoms with Crippen molar-refractivity contribution in [3.05, 3.63) is 28.7 Å². The lowest BCUT2D eigenvalue weighted by molar-refractivity contribution is 0.243. The van der Waals surface area contributed by atoms with E-state index in [4.69, 9.17) is 5.73 Å². The predicted molar refractivity (Wildman–Crippen MR) is 67.2 cm³/mol. The Kier molecular flexibility index (Phi) is 2.87. The van der Waals surface area contributed by atoms with E-state index in [0.717, 1.165) is 12.8 Å². The van der Waals surface area contributed by atoms with Gasteiger partial charge in [0.1, 0.15) is 11.4 Å². The van der Waals surface area contributed by atoms with Crippen molar-refractivity contribution in [2.24, 2.45) is 5.73 Å². The molecular weight excluding hydrogens is 301 g/mol. The number of aromatic nitrogens is 4. The highest BCUT2D eigenvalue weighted by Gasteiger charge is 2.28. The Hall–Kier alpha value is -1.34. The molecule has 0 atom stereocenters. The van der Waals surface area contributed by atoms with E-state index in [2.05, 4.69) is 31.2 Å². The molecule has 3 rings (SSSR count). The van der Waals surface area contributed by atoms with E-state index >= 15 is 0 Å². The van der Waals surface area contributed by atoms with Crippen LogP contribution in [0.1, 0.15) is 18.9 Å². The van der Waals surface area contributed by atoms with Crippen LogP contribution in [0.5, 0.6) is 0 Å². The number of rotatable bonds is 2. The van der Waals surface area contributed by atoms with Gasteiger partial charge in [-0.25, -0.2) is 9.07 Å². The third kappa shape index (κ3) is 2.04. The summed E-state index contributed by atoms with van der Waals surface area (Å²) in [6.07, 6.45) is 5.03. The summed E-state index contributed by atoms with van der Waals surface area (Å²) in [5, 5.41) is 7.96. The van der Waals surface area contributed by atoms with Crippen LogP contribution < -0.4 is 5.73 Å². The molecule has 0 amide bonds. The molecular formula is C11H11BrFN5. The monoisotopic (exact) mass is 311 g/mol. The van der Waals surface area contributed by atoms with Crippen molar-refractivity contribution in [3.8, 4) is 11.4 Å². The van der Waals surface area contributed by atoms with E-state index in [-0.39, 0.29) is 17.8 Å². The first-order chi connectivity index (χ1) is 8.63. The summed E-state index contributed by atoms with van der Waals surface area (Å²) >= 11 is 3.17. The Labute approximate surface area is 111 Å². The second-order valence-electron chi connectivity index (χ2n) is 4.45. The van der Waals surface area contributed by atoms with Crippen LogP contribution in [-0.4, -0.2) is 26.0 Å². The number of pyridine rings is 1. The minimum Gasteiger partial charge on any atom is -0.328 e. The Morgan fingerprint density at radius 2 is 2.22 bits per heavy atom. The van der Waals surface area contributed by atoms with E-state index in [0.29, 0.717) is 10.2 Å². The van der Waals surface area contributed by atoms with Gasteiger partial charge in [-0.05, 0) is 34.8 Å². The molecule has 7 heteroatoms. The first kappa shape index (κ1) is 11.7. The normalized spacial score (nSPS) is 22.8. The van der Waals surface area contributed by atoms with Crippen LogP contribution in [0, 0.1) is 5.82 Å². The topological polar surface area (TPSA) is 69.6 Å². The first-order valence-electron chi connectivity index (χ1n) is 5.62. The molecule has 2 aromatic heterocycles. The molecule has 0 bridgehead atoms. The third-order valence-electron chi connectivity index (χ3n) is 3.08. The van der Waals surface area contributed by atoms with Crippen molar-refractivity contribution in [1.29, 1.82) is 0 Å². The average Bonchev–Trinajstić information content (AvgIpc) is 2.73. The van der Waals surface area contributed by atoms with Gasteiger partial charge in [0.25, 0.3) is 0 Å². The molecule has 1 fully saturated rings. The van der Waals surface area contributed by atoms with Crippen LogP contribution in [0.15, 0.2) is 22.9 Å². The molecule has 1 saturated carbocycles. The SMILES string of the molecule is NC1CC(n2cc(-c3ncc(Br)cc3F)nn2)C1. The number of halogens is 2. The number of hydrogen-bond donors (Lipinski definition) is 1. The van der Waals surface area contributed by atoms with Gasteiger partial charge in [0.15, 0.2) is 5.82 Å². The van der Waals surface area contributed by atoms with Crippen molar-refractivity contribution in [2.75, 3.05) is 0 Å². The number of nitrogens with two attached hydrogens (primary N) is 1. The zero-order valence-electron chi connectivity index (χ0n) is 9.42. The third-order valence-corrected chi connectivity index (χ3v) is 3.52. The predicted octanol–water partition coefficient (Wildman–Crippen LogP) is 1.90. The maximum Gasteiger partial charge on any atom is 0.152 e. The van der Waals surface area contributed by atoms with Crippen molar-refractivity contribution >= 4 is 15.9 Å². The van der Waals surface area contributed by atoms with Crippen LogP contribution >= 0.6 is 15.9 Å². The minimum absolute atomic E-state index is 0.216. The van der Waals surface area contributed by atoms with Crippen LogP contribution in [-0.2, 0) is 0 Å². The summed E-state index contributed by atoms with van der Waals surface area (Å²) in [6.45, 7) is 0. The number of nitrogens with zero attached hydrogens (tertiary/aromatic N) is 4. The molecule has 0 aromatic carbocycles. The van der Waals surface area contributed by atoms with Gasteiger partial charge in [-0.3, -0.25) is 4.98 Å². The second kappa shape index (κ2) is 4.40. The maximum atomic E-state index is 13.7. The summed E-state index contributed by atoms with van der Waals surface area (Å²) in [6, 6.07) is 1.88. The van der Waals surface area contributed by atoms with E-state index in [1.807, 2.05) is 0 Å². The van der Waals surface area contributed by atoms with Gasteiger partial charge in [-0.1, -0.05) is 5.21 Å². The fourth-order valence-corrected chi connectivity index (χ4v) is 2.32. The van der Waals surface area contributed by atoms with E-state index in [9.17, 15) is 4.39 Å². The molecule has 5 nitrogen and oxygen atoms in total. The molecule has 0 radical (unpaired) electrons. The maximum absolute atomic E-state index is 13.7. The summed E-state index contributed by atoms with van der Waals surface area (Å²) in [5.41, 5.74) is 6.39.